The molecule has 10 nitrogen and oxygen atoms in total. The maximum atomic E-state index is 11.8. The number of ether oxygens (including phenoxy) is 2. The van der Waals surface area contributed by atoms with Crippen LogP contribution >= 0.6 is 0 Å². The Labute approximate surface area is 156 Å². The van der Waals surface area contributed by atoms with Gasteiger partial charge in [0, 0.05) is 19.8 Å². The Morgan fingerprint density at radius 2 is 1.85 bits per heavy atom. The Balaban J connectivity index is 2.65. The number of hydrogen-bond acceptors (Lipinski definition) is 8. The number of aromatic hydroxyl groups is 2. The topological polar surface area (TPSA) is 154 Å². The average Bonchev–Trinajstić information content (AvgIpc) is 2.56. The van der Waals surface area contributed by atoms with Gasteiger partial charge in [-0.15, -0.1) is 0 Å². The average molecular weight is 384 g/mol. The Morgan fingerprint density at radius 1 is 1.19 bits per heavy atom. The summed E-state index contributed by atoms with van der Waals surface area (Å²) in [6.45, 7) is 4.46. The molecule has 1 aromatic rings. The second-order valence-electron chi connectivity index (χ2n) is 6.10. The van der Waals surface area contributed by atoms with Crippen LogP contribution in [-0.4, -0.2) is 45.2 Å². The van der Waals surface area contributed by atoms with Gasteiger partial charge in [-0.2, -0.15) is 0 Å². The number of esters is 1. The third kappa shape index (κ3) is 7.02. The molecule has 27 heavy (non-hydrogen) atoms. The van der Waals surface area contributed by atoms with Crippen LogP contribution in [0.5, 0.6) is 11.5 Å². The van der Waals surface area contributed by atoms with E-state index >= 15 is 0 Å². The molecule has 0 fully saturated rings. The quantitative estimate of drug-likeness (QED) is 0.184. The Kier molecular flexibility index (Phi) is 7.85. The summed E-state index contributed by atoms with van der Waals surface area (Å²) in [6, 6.07) is 3.87. The molecule has 1 aromatic carbocycles. The number of amides is 1. The Hall–Kier alpha value is -3.01. The molecule has 150 valence electrons. The van der Waals surface area contributed by atoms with E-state index in [1.165, 1.54) is 32.0 Å². The lowest BCUT2D eigenvalue weighted by Crippen LogP contribution is -2.58. The molecule has 0 saturated heterocycles. The van der Waals surface area contributed by atoms with Gasteiger partial charge in [-0.3, -0.25) is 15.0 Å². The van der Waals surface area contributed by atoms with E-state index in [1.807, 2.05) is 0 Å². The van der Waals surface area contributed by atoms with Crippen molar-refractivity contribution in [2.24, 2.45) is 0 Å². The number of carboxylic acids is 1. The second kappa shape index (κ2) is 9.62. The van der Waals surface area contributed by atoms with Crippen molar-refractivity contribution in [1.29, 1.82) is 0 Å². The highest BCUT2D eigenvalue weighted by molar-refractivity contribution is 5.79. The minimum Gasteiger partial charge on any atom is -0.504 e. The summed E-state index contributed by atoms with van der Waals surface area (Å²) in [7, 11) is 0. The summed E-state index contributed by atoms with van der Waals surface area (Å²) in [5, 5.41) is 28.3. The van der Waals surface area contributed by atoms with Gasteiger partial charge >= 0.3 is 18.0 Å². The van der Waals surface area contributed by atoms with E-state index in [4.69, 9.17) is 9.47 Å². The minimum absolute atomic E-state index is 0.127. The molecule has 1 unspecified atom stereocenters. The summed E-state index contributed by atoms with van der Waals surface area (Å²) < 4.78 is 9.65. The summed E-state index contributed by atoms with van der Waals surface area (Å²) in [5.41, 5.74) is 3.20. The predicted molar refractivity (Wildman–Crippen MR) is 92.7 cm³/mol. The monoisotopic (exact) mass is 384 g/mol. The van der Waals surface area contributed by atoms with E-state index in [0.29, 0.717) is 12.0 Å². The number of rotatable bonds is 9. The third-order valence-electron chi connectivity index (χ3n) is 3.53. The Morgan fingerprint density at radius 3 is 2.41 bits per heavy atom. The van der Waals surface area contributed by atoms with Crippen LogP contribution in [0.15, 0.2) is 18.2 Å². The highest BCUT2D eigenvalue weighted by Crippen LogP contribution is 2.26. The molecular formula is C17H24N2O8. The molecule has 0 saturated carbocycles. The van der Waals surface area contributed by atoms with Crippen LogP contribution in [-0.2, 0) is 25.5 Å². The highest BCUT2D eigenvalue weighted by Gasteiger charge is 2.34. The van der Waals surface area contributed by atoms with Gasteiger partial charge in [0.1, 0.15) is 5.54 Å². The lowest BCUT2D eigenvalue weighted by Gasteiger charge is -2.27. The lowest BCUT2D eigenvalue weighted by molar-refractivity contribution is -0.165. The maximum absolute atomic E-state index is 11.8. The summed E-state index contributed by atoms with van der Waals surface area (Å²) in [4.78, 5) is 34.7. The fraction of sp³-hybridized carbons (Fsp3) is 0.471. The van der Waals surface area contributed by atoms with Crippen molar-refractivity contribution in [3.05, 3.63) is 23.8 Å². The lowest BCUT2D eigenvalue weighted by atomic mass is 9.93. The van der Waals surface area contributed by atoms with Gasteiger partial charge in [0.25, 0.3) is 0 Å². The van der Waals surface area contributed by atoms with Crippen LogP contribution in [0.2, 0.25) is 0 Å². The van der Waals surface area contributed by atoms with E-state index in [1.54, 1.807) is 6.92 Å². The zero-order valence-electron chi connectivity index (χ0n) is 15.3. The van der Waals surface area contributed by atoms with Crippen molar-refractivity contribution in [3.8, 4) is 11.5 Å². The molecule has 0 heterocycles. The molecule has 0 aliphatic carbocycles. The molecule has 1 rings (SSSR count). The molecule has 1 amide bonds. The number of phenolic OH excluding ortho intramolecular Hbond substituents is 2. The predicted octanol–water partition coefficient (Wildman–Crippen LogP) is 1.40. The number of carbonyl (C=O) groups is 3. The molecule has 10 heteroatoms. The standard InChI is InChI=1S/C17H24N2O8/c1-4-5-14(22)26-10(2)27-16(25)18-19-17(3,15(23)24)9-11-6-7-12(20)13(21)8-11/h6-8,10,19-21H,4-5,9H2,1-3H3,(H,18,25)(H,23,24)/t10?,17-/m0/s1. The fourth-order valence-electron chi connectivity index (χ4n) is 2.10. The van der Waals surface area contributed by atoms with Gasteiger partial charge in [-0.25, -0.2) is 10.2 Å². The first-order valence-electron chi connectivity index (χ1n) is 8.25. The maximum Gasteiger partial charge on any atom is 0.424 e. The van der Waals surface area contributed by atoms with Crippen LogP contribution in [0.1, 0.15) is 39.2 Å². The van der Waals surface area contributed by atoms with Crippen LogP contribution < -0.4 is 10.9 Å². The van der Waals surface area contributed by atoms with E-state index < -0.39 is 35.6 Å². The van der Waals surface area contributed by atoms with E-state index in [-0.39, 0.29) is 18.6 Å². The SMILES string of the molecule is CCCC(=O)OC(C)OC(=O)NN[C@@](C)(Cc1ccc(O)c(O)c1)C(=O)O. The van der Waals surface area contributed by atoms with Crippen molar-refractivity contribution in [2.45, 2.75) is 51.9 Å². The molecule has 2 atom stereocenters. The first-order chi connectivity index (χ1) is 12.6. The van der Waals surface area contributed by atoms with Gasteiger partial charge in [0.15, 0.2) is 11.5 Å². The van der Waals surface area contributed by atoms with Crippen LogP contribution in [0, 0.1) is 0 Å². The van der Waals surface area contributed by atoms with Crippen molar-refractivity contribution in [2.75, 3.05) is 0 Å². The molecule has 0 radical (unpaired) electrons. The largest absolute Gasteiger partial charge is 0.504 e. The molecule has 0 aliphatic heterocycles. The number of carboxylic acid groups (broad SMARTS) is 1. The molecule has 0 aliphatic rings. The number of aliphatic carboxylic acids is 1. The molecular weight excluding hydrogens is 360 g/mol. The third-order valence-corrected chi connectivity index (χ3v) is 3.53. The van der Waals surface area contributed by atoms with Gasteiger partial charge < -0.3 is 24.8 Å². The second-order valence-corrected chi connectivity index (χ2v) is 6.10. The van der Waals surface area contributed by atoms with Gasteiger partial charge in [-0.1, -0.05) is 13.0 Å². The molecule has 0 spiro atoms. The van der Waals surface area contributed by atoms with Gasteiger partial charge in [0.2, 0.25) is 6.29 Å². The van der Waals surface area contributed by atoms with Crippen LogP contribution in [0.3, 0.4) is 0 Å². The zero-order valence-corrected chi connectivity index (χ0v) is 15.3. The Bertz CT molecular complexity index is 694. The first kappa shape index (κ1) is 22.0. The summed E-state index contributed by atoms with van der Waals surface area (Å²) in [6.07, 6.45) is -1.53. The number of nitrogens with one attached hydrogen (secondary N) is 2. The van der Waals surface area contributed by atoms with Gasteiger partial charge in [0.05, 0.1) is 0 Å². The normalized spacial score (nSPS) is 13.9. The number of benzene rings is 1. The van der Waals surface area contributed by atoms with Crippen molar-refractivity contribution in [1.82, 2.24) is 10.9 Å². The minimum atomic E-state index is -1.65. The first-order valence-corrected chi connectivity index (χ1v) is 8.25. The van der Waals surface area contributed by atoms with Crippen molar-refractivity contribution < 1.29 is 39.2 Å². The fourth-order valence-corrected chi connectivity index (χ4v) is 2.10. The van der Waals surface area contributed by atoms with E-state index in [9.17, 15) is 29.7 Å². The van der Waals surface area contributed by atoms with Crippen molar-refractivity contribution >= 4 is 18.0 Å². The van der Waals surface area contributed by atoms with Crippen molar-refractivity contribution in [3.63, 3.8) is 0 Å². The number of hydrogen-bond donors (Lipinski definition) is 5. The van der Waals surface area contributed by atoms with Crippen LogP contribution in [0.4, 0.5) is 4.79 Å². The molecule has 0 bridgehead atoms. The number of carbonyl (C=O) groups excluding carboxylic acids is 2. The summed E-state index contributed by atoms with van der Waals surface area (Å²) in [5.74, 6) is -2.53. The van der Waals surface area contributed by atoms with Crippen LogP contribution in [0.25, 0.3) is 0 Å². The van der Waals surface area contributed by atoms with E-state index in [0.717, 1.165) is 0 Å². The number of hydrazine groups is 1. The highest BCUT2D eigenvalue weighted by atomic mass is 16.7. The van der Waals surface area contributed by atoms with E-state index in [2.05, 4.69) is 10.9 Å². The zero-order chi connectivity index (χ0) is 20.6. The summed E-state index contributed by atoms with van der Waals surface area (Å²) >= 11 is 0. The van der Waals surface area contributed by atoms with Gasteiger partial charge in [-0.05, 0) is 31.0 Å². The smallest absolute Gasteiger partial charge is 0.424 e. The number of phenols is 2. The molecule has 0 aromatic heterocycles. The molecule has 5 N–H and O–H groups in total.